The van der Waals surface area contributed by atoms with Crippen LogP contribution in [0.2, 0.25) is 5.02 Å². The summed E-state index contributed by atoms with van der Waals surface area (Å²) >= 11 is 6.05. The third-order valence-corrected chi connectivity index (χ3v) is 3.76. The number of anilines is 1. The second-order valence-corrected chi connectivity index (χ2v) is 5.12. The average molecular weight is 255 g/mol. The Morgan fingerprint density at radius 2 is 2.06 bits per heavy atom. The number of nitrogens with two attached hydrogens (primary N) is 1. The fourth-order valence-electron chi connectivity index (χ4n) is 1.41. The maximum atomic E-state index is 12.3. The Morgan fingerprint density at radius 1 is 1.47 bits per heavy atom. The second kappa shape index (κ2) is 4.96. The lowest BCUT2D eigenvalue weighted by atomic mass is 9.99. The number of carbonyl (C=O) groups excluding carboxylic acids is 1. The molecule has 0 saturated carbocycles. The van der Waals surface area contributed by atoms with E-state index in [1.165, 1.54) is 0 Å². The van der Waals surface area contributed by atoms with Crippen molar-refractivity contribution >= 4 is 23.2 Å². The Kier molecular flexibility index (Phi) is 4.04. The van der Waals surface area contributed by atoms with E-state index < -0.39 is 0 Å². The minimum Gasteiger partial charge on any atom is -0.398 e. The normalized spacial score (nSPS) is 11.4. The van der Waals surface area contributed by atoms with E-state index >= 15 is 0 Å². The predicted octanol–water partition coefficient (Wildman–Crippen LogP) is 3.18. The number of halogens is 1. The molecule has 3 nitrogen and oxygen atoms in total. The van der Waals surface area contributed by atoms with E-state index in [1.54, 1.807) is 30.1 Å². The molecule has 0 aliphatic rings. The second-order valence-electron chi connectivity index (χ2n) is 4.74. The van der Waals surface area contributed by atoms with Crippen molar-refractivity contribution in [3.05, 3.63) is 28.8 Å². The van der Waals surface area contributed by atoms with E-state index in [0.717, 1.165) is 6.42 Å². The summed E-state index contributed by atoms with van der Waals surface area (Å²) in [5, 5.41) is 0.330. The number of carbonyl (C=O) groups is 1. The summed E-state index contributed by atoms with van der Waals surface area (Å²) < 4.78 is 0. The summed E-state index contributed by atoms with van der Waals surface area (Å²) in [6, 6.07) is 5.12. The molecule has 1 rings (SSSR count). The van der Waals surface area contributed by atoms with Gasteiger partial charge in [-0.3, -0.25) is 4.79 Å². The van der Waals surface area contributed by atoms with Gasteiger partial charge in [-0.1, -0.05) is 24.6 Å². The fraction of sp³-hybridized carbons (Fsp3) is 0.462. The minimum absolute atomic E-state index is 0.103. The van der Waals surface area contributed by atoms with Crippen molar-refractivity contribution in [1.82, 2.24) is 4.90 Å². The highest BCUT2D eigenvalue weighted by atomic mass is 35.5. The van der Waals surface area contributed by atoms with Crippen LogP contribution in [0.5, 0.6) is 0 Å². The third-order valence-electron chi connectivity index (χ3n) is 3.34. The molecule has 1 aromatic rings. The zero-order valence-corrected chi connectivity index (χ0v) is 11.5. The van der Waals surface area contributed by atoms with Crippen LogP contribution in [0.4, 0.5) is 5.69 Å². The standard InChI is InChI=1S/C13H19ClN2O/c1-5-13(2,3)16(4)12(17)9-7-6-8-10(15)11(9)14/h6-8H,5,15H2,1-4H3. The van der Waals surface area contributed by atoms with Gasteiger partial charge in [0.1, 0.15) is 0 Å². The molecule has 0 atom stereocenters. The first-order valence-electron chi connectivity index (χ1n) is 5.63. The van der Waals surface area contributed by atoms with Crippen LogP contribution in [-0.4, -0.2) is 23.4 Å². The number of rotatable bonds is 3. The first kappa shape index (κ1) is 13.8. The summed E-state index contributed by atoms with van der Waals surface area (Å²) in [5.41, 5.74) is 6.38. The lowest BCUT2D eigenvalue weighted by Crippen LogP contribution is -2.44. The third kappa shape index (κ3) is 2.72. The number of benzene rings is 1. The van der Waals surface area contributed by atoms with Crippen molar-refractivity contribution in [1.29, 1.82) is 0 Å². The monoisotopic (exact) mass is 254 g/mol. The Labute approximate surface area is 108 Å². The van der Waals surface area contributed by atoms with E-state index in [2.05, 4.69) is 0 Å². The van der Waals surface area contributed by atoms with Crippen LogP contribution in [0.3, 0.4) is 0 Å². The largest absolute Gasteiger partial charge is 0.398 e. The van der Waals surface area contributed by atoms with Crippen LogP contribution in [0.1, 0.15) is 37.6 Å². The molecule has 0 aromatic heterocycles. The van der Waals surface area contributed by atoms with Gasteiger partial charge in [-0.05, 0) is 32.4 Å². The topological polar surface area (TPSA) is 46.3 Å². The molecule has 0 heterocycles. The van der Waals surface area contributed by atoms with E-state index in [9.17, 15) is 4.79 Å². The van der Waals surface area contributed by atoms with Crippen molar-refractivity contribution in [3.8, 4) is 0 Å². The molecular weight excluding hydrogens is 236 g/mol. The molecule has 94 valence electrons. The molecule has 0 spiro atoms. The van der Waals surface area contributed by atoms with Gasteiger partial charge in [0.2, 0.25) is 0 Å². The molecule has 0 fully saturated rings. The first-order valence-corrected chi connectivity index (χ1v) is 6.01. The smallest absolute Gasteiger partial charge is 0.255 e. The Hall–Kier alpha value is -1.22. The van der Waals surface area contributed by atoms with Gasteiger partial charge in [0.15, 0.2) is 0 Å². The summed E-state index contributed by atoms with van der Waals surface area (Å²) in [7, 11) is 1.78. The maximum absolute atomic E-state index is 12.3. The quantitative estimate of drug-likeness (QED) is 0.842. The van der Waals surface area contributed by atoms with Crippen molar-refractivity contribution < 1.29 is 4.79 Å². The van der Waals surface area contributed by atoms with Gasteiger partial charge in [0.25, 0.3) is 5.91 Å². The molecule has 1 amide bonds. The van der Waals surface area contributed by atoms with Crippen molar-refractivity contribution in [2.45, 2.75) is 32.7 Å². The maximum Gasteiger partial charge on any atom is 0.255 e. The molecule has 17 heavy (non-hydrogen) atoms. The number of nitrogen functional groups attached to an aromatic ring is 1. The molecule has 0 aliphatic heterocycles. The molecule has 0 aliphatic carbocycles. The van der Waals surface area contributed by atoms with Crippen molar-refractivity contribution in [2.24, 2.45) is 0 Å². The highest BCUT2D eigenvalue weighted by Crippen LogP contribution is 2.26. The highest BCUT2D eigenvalue weighted by Gasteiger charge is 2.27. The van der Waals surface area contributed by atoms with Crippen LogP contribution in [-0.2, 0) is 0 Å². The molecule has 0 bridgehead atoms. The number of hydrogen-bond acceptors (Lipinski definition) is 2. The Balaban J connectivity index is 3.09. The number of nitrogens with zero attached hydrogens (tertiary/aromatic N) is 1. The summed E-state index contributed by atoms with van der Waals surface area (Å²) in [5.74, 6) is -0.103. The molecule has 0 saturated heterocycles. The predicted molar refractivity (Wildman–Crippen MR) is 72.3 cm³/mol. The van der Waals surface area contributed by atoms with Gasteiger partial charge in [0, 0.05) is 12.6 Å². The van der Waals surface area contributed by atoms with Gasteiger partial charge in [-0.2, -0.15) is 0 Å². The average Bonchev–Trinajstić information content (AvgIpc) is 2.30. The van der Waals surface area contributed by atoms with Gasteiger partial charge in [-0.15, -0.1) is 0 Å². The minimum atomic E-state index is -0.203. The molecule has 1 aromatic carbocycles. The molecule has 0 radical (unpaired) electrons. The lowest BCUT2D eigenvalue weighted by Gasteiger charge is -2.35. The first-order chi connectivity index (χ1) is 7.81. The molecule has 0 unspecified atom stereocenters. The lowest BCUT2D eigenvalue weighted by molar-refractivity contribution is 0.0620. The Morgan fingerprint density at radius 3 is 2.59 bits per heavy atom. The van der Waals surface area contributed by atoms with Gasteiger partial charge in [-0.25, -0.2) is 0 Å². The zero-order valence-electron chi connectivity index (χ0n) is 10.7. The van der Waals surface area contributed by atoms with Gasteiger partial charge in [0.05, 0.1) is 16.3 Å². The highest BCUT2D eigenvalue weighted by molar-refractivity contribution is 6.36. The van der Waals surface area contributed by atoms with Gasteiger partial charge >= 0.3 is 0 Å². The molecule has 4 heteroatoms. The van der Waals surface area contributed by atoms with Crippen LogP contribution in [0.25, 0.3) is 0 Å². The number of hydrogen-bond donors (Lipinski definition) is 1. The van der Waals surface area contributed by atoms with E-state index in [0.29, 0.717) is 16.3 Å². The van der Waals surface area contributed by atoms with Crippen molar-refractivity contribution in [3.63, 3.8) is 0 Å². The van der Waals surface area contributed by atoms with E-state index in [4.69, 9.17) is 17.3 Å². The zero-order chi connectivity index (χ0) is 13.2. The van der Waals surface area contributed by atoms with Crippen LogP contribution < -0.4 is 5.73 Å². The van der Waals surface area contributed by atoms with Crippen LogP contribution in [0, 0.1) is 0 Å². The Bertz CT molecular complexity index is 429. The van der Waals surface area contributed by atoms with Crippen molar-refractivity contribution in [2.75, 3.05) is 12.8 Å². The summed E-state index contributed by atoms with van der Waals surface area (Å²) in [4.78, 5) is 14.0. The summed E-state index contributed by atoms with van der Waals surface area (Å²) in [6.45, 7) is 6.08. The SMILES string of the molecule is CCC(C)(C)N(C)C(=O)c1cccc(N)c1Cl. The van der Waals surface area contributed by atoms with Crippen LogP contribution in [0.15, 0.2) is 18.2 Å². The molecular formula is C13H19ClN2O. The number of amides is 1. The van der Waals surface area contributed by atoms with E-state index in [-0.39, 0.29) is 11.4 Å². The van der Waals surface area contributed by atoms with Gasteiger partial charge < -0.3 is 10.6 Å². The fourth-order valence-corrected chi connectivity index (χ4v) is 1.61. The molecule has 2 N–H and O–H groups in total. The van der Waals surface area contributed by atoms with E-state index in [1.807, 2.05) is 20.8 Å². The summed E-state index contributed by atoms with van der Waals surface area (Å²) in [6.07, 6.45) is 0.870. The van der Waals surface area contributed by atoms with Crippen LogP contribution >= 0.6 is 11.6 Å².